The molecule has 0 rings (SSSR count). The van der Waals surface area contributed by atoms with Crippen molar-refractivity contribution < 1.29 is 23.8 Å². The number of esters is 1. The first-order valence-corrected chi connectivity index (χ1v) is 4.82. The van der Waals surface area contributed by atoms with Crippen LogP contribution in [0.1, 0.15) is 13.3 Å². The number of amides is 1. The molecule has 2 N–H and O–H groups in total. The average Bonchev–Trinajstić information content (AvgIpc) is 2.24. The molecule has 6 nitrogen and oxygen atoms in total. The smallest absolute Gasteiger partial charge is 0.405 e. The maximum absolute atomic E-state index is 10.9. The summed E-state index contributed by atoms with van der Waals surface area (Å²) in [6.45, 7) is 2.89. The average molecular weight is 229 g/mol. The van der Waals surface area contributed by atoms with Gasteiger partial charge >= 0.3 is 12.1 Å². The van der Waals surface area contributed by atoms with Crippen LogP contribution in [-0.4, -0.2) is 38.5 Å². The van der Waals surface area contributed by atoms with Crippen molar-refractivity contribution in [3.63, 3.8) is 0 Å². The number of ether oxygens (including phenoxy) is 3. The molecule has 0 radical (unpaired) electrons. The van der Waals surface area contributed by atoms with Gasteiger partial charge in [-0.05, 0) is 12.3 Å². The Bertz CT molecular complexity index is 279. The maximum Gasteiger partial charge on any atom is 0.405 e. The van der Waals surface area contributed by atoms with Gasteiger partial charge in [0.05, 0.1) is 6.61 Å². The lowest BCUT2D eigenvalue weighted by Gasteiger charge is -2.01. The molecule has 16 heavy (non-hydrogen) atoms. The molecule has 90 valence electrons. The minimum atomic E-state index is -0.935. The van der Waals surface area contributed by atoms with Crippen molar-refractivity contribution in [2.75, 3.05) is 26.4 Å². The van der Waals surface area contributed by atoms with Crippen molar-refractivity contribution in [1.29, 1.82) is 0 Å². The summed E-state index contributed by atoms with van der Waals surface area (Å²) < 4.78 is 14.0. The Labute approximate surface area is 94.0 Å². The second-order valence-corrected chi connectivity index (χ2v) is 2.66. The van der Waals surface area contributed by atoms with Crippen LogP contribution in [0.15, 0.2) is 0 Å². The van der Waals surface area contributed by atoms with Gasteiger partial charge in [-0.1, -0.05) is 6.92 Å². The number of carbonyl (C=O) groups excluding carboxylic acids is 2. The summed E-state index contributed by atoms with van der Waals surface area (Å²) in [5.74, 6) is 3.72. The third-order valence-electron chi connectivity index (χ3n) is 1.29. The van der Waals surface area contributed by atoms with Crippen LogP contribution in [0.3, 0.4) is 0 Å². The van der Waals surface area contributed by atoms with Crippen molar-refractivity contribution in [3.05, 3.63) is 0 Å². The van der Waals surface area contributed by atoms with E-state index in [2.05, 4.69) is 27.0 Å². The Hall–Kier alpha value is -1.74. The fraction of sp³-hybridized carbons (Fsp3) is 0.600. The number of carbonyl (C=O) groups is 2. The molecule has 0 aromatic carbocycles. The highest BCUT2D eigenvalue weighted by molar-refractivity contribution is 5.88. The van der Waals surface area contributed by atoms with E-state index in [4.69, 9.17) is 4.74 Å². The second-order valence-electron chi connectivity index (χ2n) is 2.66. The van der Waals surface area contributed by atoms with Gasteiger partial charge in [0.25, 0.3) is 0 Å². The molecule has 6 heteroatoms. The van der Waals surface area contributed by atoms with Crippen LogP contribution in [0.5, 0.6) is 0 Å². The zero-order chi connectivity index (χ0) is 12.2. The first-order chi connectivity index (χ1) is 7.66. The number of hydrogen-bond acceptors (Lipinski definition) is 5. The minimum Gasteiger partial charge on any atom is -0.454 e. The third-order valence-corrected chi connectivity index (χ3v) is 1.29. The molecule has 0 bridgehead atoms. The molecule has 0 atom stereocenters. The van der Waals surface area contributed by atoms with Gasteiger partial charge in [-0.2, -0.15) is 0 Å². The van der Waals surface area contributed by atoms with Crippen molar-refractivity contribution >= 4 is 12.1 Å². The van der Waals surface area contributed by atoms with Crippen LogP contribution in [0.25, 0.3) is 0 Å². The number of rotatable bonds is 6. The van der Waals surface area contributed by atoms with Crippen molar-refractivity contribution in [1.82, 2.24) is 0 Å². The molecule has 0 aromatic rings. The topological polar surface area (TPSA) is 87.8 Å². The molecule has 0 aliphatic rings. The number of hydrogen-bond donors (Lipinski definition) is 1. The fourth-order valence-electron chi connectivity index (χ4n) is 0.691. The summed E-state index contributed by atoms with van der Waals surface area (Å²) >= 11 is 0. The van der Waals surface area contributed by atoms with E-state index in [0.29, 0.717) is 13.2 Å². The highest BCUT2D eigenvalue weighted by Gasteiger charge is 1.96. The van der Waals surface area contributed by atoms with E-state index in [1.54, 1.807) is 0 Å². The van der Waals surface area contributed by atoms with Crippen molar-refractivity contribution in [2.24, 2.45) is 5.73 Å². The van der Waals surface area contributed by atoms with E-state index >= 15 is 0 Å². The summed E-state index contributed by atoms with van der Waals surface area (Å²) in [6, 6.07) is 0. The molecule has 0 aliphatic heterocycles. The van der Waals surface area contributed by atoms with Gasteiger partial charge in [0.15, 0.2) is 6.61 Å². The molecular weight excluding hydrogens is 214 g/mol. The molecule has 0 aliphatic carbocycles. The highest BCUT2D eigenvalue weighted by Crippen LogP contribution is 1.82. The summed E-state index contributed by atoms with van der Waals surface area (Å²) in [5, 5.41) is 0. The zero-order valence-corrected chi connectivity index (χ0v) is 9.15. The van der Waals surface area contributed by atoms with E-state index in [0.717, 1.165) is 6.42 Å². The third kappa shape index (κ3) is 10.3. The van der Waals surface area contributed by atoms with Gasteiger partial charge in [-0.25, -0.2) is 9.59 Å². The summed E-state index contributed by atoms with van der Waals surface area (Å²) in [5.41, 5.74) is 4.67. The molecule has 1 amide bonds. The van der Waals surface area contributed by atoms with Gasteiger partial charge in [0.1, 0.15) is 6.61 Å². The number of nitrogens with two attached hydrogens (primary N) is 1. The van der Waals surface area contributed by atoms with Gasteiger partial charge in [0, 0.05) is 12.5 Å². The fourth-order valence-corrected chi connectivity index (χ4v) is 0.691. The molecule has 0 saturated heterocycles. The molecule has 0 fully saturated rings. The van der Waals surface area contributed by atoms with Gasteiger partial charge in [-0.3, -0.25) is 0 Å². The van der Waals surface area contributed by atoms with E-state index in [1.165, 1.54) is 0 Å². The molecule has 0 heterocycles. The van der Waals surface area contributed by atoms with Crippen LogP contribution < -0.4 is 5.73 Å². The molecular formula is C10H15NO5. The Kier molecular flexibility index (Phi) is 8.74. The molecule has 0 unspecified atom stereocenters. The van der Waals surface area contributed by atoms with Crippen LogP contribution >= 0.6 is 0 Å². The van der Waals surface area contributed by atoms with Gasteiger partial charge in [-0.15, -0.1) is 0 Å². The van der Waals surface area contributed by atoms with Crippen LogP contribution in [0, 0.1) is 11.8 Å². The normalized spacial score (nSPS) is 8.81. The lowest BCUT2D eigenvalue weighted by Crippen LogP contribution is -2.13. The second kappa shape index (κ2) is 9.80. The lowest BCUT2D eigenvalue weighted by atomic mass is 10.5. The lowest BCUT2D eigenvalue weighted by molar-refractivity contribution is -0.138. The maximum atomic E-state index is 10.9. The predicted octanol–water partition coefficient (Wildman–Crippen LogP) is 0.0549. The van der Waals surface area contributed by atoms with Crippen LogP contribution in [0.4, 0.5) is 4.79 Å². The zero-order valence-electron chi connectivity index (χ0n) is 9.15. The van der Waals surface area contributed by atoms with E-state index in [-0.39, 0.29) is 13.2 Å². The first kappa shape index (κ1) is 14.3. The predicted molar refractivity (Wildman–Crippen MR) is 55.4 cm³/mol. The first-order valence-electron chi connectivity index (χ1n) is 4.82. The van der Waals surface area contributed by atoms with Crippen LogP contribution in [0.2, 0.25) is 0 Å². The quantitative estimate of drug-likeness (QED) is 0.301. The van der Waals surface area contributed by atoms with Gasteiger partial charge in [0.2, 0.25) is 0 Å². The Morgan fingerprint density at radius 3 is 2.56 bits per heavy atom. The standard InChI is InChI=1S/C10H15NO5/c1-2-5-14-7-8-15-9(12)4-3-6-16-10(11)13/h2,5-8H2,1H3,(H2,11,13). The monoisotopic (exact) mass is 229 g/mol. The van der Waals surface area contributed by atoms with E-state index < -0.39 is 12.1 Å². The Morgan fingerprint density at radius 1 is 1.19 bits per heavy atom. The highest BCUT2D eigenvalue weighted by atomic mass is 16.6. The summed E-state index contributed by atoms with van der Waals surface area (Å²) in [7, 11) is 0. The van der Waals surface area contributed by atoms with Crippen molar-refractivity contribution in [2.45, 2.75) is 13.3 Å². The van der Waals surface area contributed by atoms with E-state index in [9.17, 15) is 9.59 Å². The van der Waals surface area contributed by atoms with E-state index in [1.807, 2.05) is 6.92 Å². The Morgan fingerprint density at radius 2 is 1.94 bits per heavy atom. The van der Waals surface area contributed by atoms with Gasteiger partial charge < -0.3 is 19.9 Å². The molecule has 0 saturated carbocycles. The molecule has 0 aromatic heterocycles. The SMILES string of the molecule is CCCOCCOC(=O)C#CCOC(N)=O. The minimum absolute atomic E-state index is 0.157. The molecule has 0 spiro atoms. The van der Waals surface area contributed by atoms with Crippen molar-refractivity contribution in [3.8, 4) is 11.8 Å². The summed E-state index contributed by atoms with van der Waals surface area (Å²) in [6.07, 6.45) is -0.0197. The summed E-state index contributed by atoms with van der Waals surface area (Å²) in [4.78, 5) is 21.0. The van der Waals surface area contributed by atoms with Crippen LogP contribution in [-0.2, 0) is 19.0 Å². The Balaban J connectivity index is 3.46. The number of primary amides is 1. The largest absolute Gasteiger partial charge is 0.454 e.